The molecule has 0 spiro atoms. The molecule has 4 rings (SSSR count). The van der Waals surface area contributed by atoms with Gasteiger partial charge in [-0.05, 0) is 60.5 Å². The van der Waals surface area contributed by atoms with E-state index in [1.165, 1.54) is 12.8 Å². The molecule has 3 aromatic rings. The first-order valence-corrected chi connectivity index (χ1v) is 8.73. The number of aromatic hydroxyl groups is 1. The van der Waals surface area contributed by atoms with Crippen molar-refractivity contribution in [2.75, 3.05) is 0 Å². The average molecular weight is 334 g/mol. The summed E-state index contributed by atoms with van der Waals surface area (Å²) in [5.41, 5.74) is 3.99. The summed E-state index contributed by atoms with van der Waals surface area (Å²) < 4.78 is 0. The molecule has 0 unspecified atom stereocenters. The Morgan fingerprint density at radius 2 is 1.84 bits per heavy atom. The van der Waals surface area contributed by atoms with Crippen molar-refractivity contribution in [3.63, 3.8) is 0 Å². The van der Waals surface area contributed by atoms with Crippen LogP contribution < -0.4 is 5.56 Å². The highest BCUT2D eigenvalue weighted by molar-refractivity contribution is 5.79. The molecule has 0 bridgehead atoms. The second-order valence-electron chi connectivity index (χ2n) is 7.02. The maximum atomic E-state index is 12.5. The Balaban J connectivity index is 1.60. The van der Waals surface area contributed by atoms with Crippen LogP contribution >= 0.6 is 0 Å². The minimum Gasteiger partial charge on any atom is -0.508 e. The molecule has 1 fully saturated rings. The van der Waals surface area contributed by atoms with E-state index in [1.807, 2.05) is 31.2 Å². The number of nitrogens with one attached hydrogen (secondary N) is 1. The predicted octanol–water partition coefficient (Wildman–Crippen LogP) is 3.71. The lowest BCUT2D eigenvalue weighted by molar-refractivity contribution is 0.245. The van der Waals surface area contributed by atoms with Gasteiger partial charge in [-0.25, -0.2) is 0 Å². The quantitative estimate of drug-likeness (QED) is 0.748. The molecule has 1 heterocycles. The third kappa shape index (κ3) is 3.59. The van der Waals surface area contributed by atoms with Crippen LogP contribution in [0.15, 0.2) is 53.3 Å². The molecule has 128 valence electrons. The Morgan fingerprint density at radius 3 is 2.56 bits per heavy atom. The van der Waals surface area contributed by atoms with Gasteiger partial charge in [-0.1, -0.05) is 24.3 Å². The van der Waals surface area contributed by atoms with Gasteiger partial charge in [-0.2, -0.15) is 0 Å². The number of aromatic amines is 1. The second kappa shape index (κ2) is 6.37. The van der Waals surface area contributed by atoms with E-state index in [0.29, 0.717) is 12.6 Å². The van der Waals surface area contributed by atoms with Gasteiger partial charge in [0.2, 0.25) is 0 Å². The first-order chi connectivity index (χ1) is 12.1. The van der Waals surface area contributed by atoms with Crippen LogP contribution in [0.5, 0.6) is 5.75 Å². The molecule has 1 saturated carbocycles. The fourth-order valence-electron chi connectivity index (χ4n) is 3.29. The SMILES string of the molecule is Cc1ccc2cc(CN(Cc3ccc(O)cc3)C3CC3)c(=O)[nH]c2c1. The molecule has 4 nitrogen and oxygen atoms in total. The van der Waals surface area contributed by atoms with Gasteiger partial charge in [0.25, 0.3) is 5.56 Å². The highest BCUT2D eigenvalue weighted by atomic mass is 16.3. The number of aromatic nitrogens is 1. The van der Waals surface area contributed by atoms with Crippen molar-refractivity contribution in [1.82, 2.24) is 9.88 Å². The molecule has 0 atom stereocenters. The molecule has 4 heteroatoms. The van der Waals surface area contributed by atoms with Gasteiger partial charge in [0.15, 0.2) is 0 Å². The summed E-state index contributed by atoms with van der Waals surface area (Å²) in [6, 6.07) is 16.0. The van der Waals surface area contributed by atoms with Gasteiger partial charge in [0.1, 0.15) is 5.75 Å². The number of rotatable bonds is 5. The van der Waals surface area contributed by atoms with Crippen LogP contribution in [-0.2, 0) is 13.1 Å². The number of phenols is 1. The number of phenolic OH excluding ortho intramolecular Hbond substituents is 1. The molecule has 2 N–H and O–H groups in total. The summed E-state index contributed by atoms with van der Waals surface area (Å²) >= 11 is 0. The number of nitrogens with zero attached hydrogens (tertiary/aromatic N) is 1. The van der Waals surface area contributed by atoms with Crippen molar-refractivity contribution in [3.8, 4) is 5.75 Å². The summed E-state index contributed by atoms with van der Waals surface area (Å²) in [6.45, 7) is 3.46. The topological polar surface area (TPSA) is 56.3 Å². The second-order valence-corrected chi connectivity index (χ2v) is 7.02. The summed E-state index contributed by atoms with van der Waals surface area (Å²) in [5, 5.41) is 10.5. The van der Waals surface area contributed by atoms with Gasteiger partial charge in [-0.3, -0.25) is 9.69 Å². The van der Waals surface area contributed by atoms with E-state index in [0.717, 1.165) is 34.1 Å². The molecular weight excluding hydrogens is 312 g/mol. The number of hydrogen-bond acceptors (Lipinski definition) is 3. The molecule has 25 heavy (non-hydrogen) atoms. The van der Waals surface area contributed by atoms with Crippen molar-refractivity contribution < 1.29 is 5.11 Å². The molecule has 0 aliphatic heterocycles. The summed E-state index contributed by atoms with van der Waals surface area (Å²) in [6.07, 6.45) is 2.37. The van der Waals surface area contributed by atoms with Crippen LogP contribution in [0.1, 0.15) is 29.5 Å². The van der Waals surface area contributed by atoms with Crippen molar-refractivity contribution in [2.24, 2.45) is 0 Å². The molecular formula is C21H22N2O2. The standard InChI is InChI=1S/C21H22N2O2/c1-14-2-5-16-11-17(21(25)22-20(16)10-14)13-23(18-6-7-18)12-15-3-8-19(24)9-4-15/h2-5,8-11,18,24H,6-7,12-13H2,1H3,(H,22,25). The molecule has 0 saturated heterocycles. The lowest BCUT2D eigenvalue weighted by Gasteiger charge is -2.22. The highest BCUT2D eigenvalue weighted by Crippen LogP contribution is 2.30. The fourth-order valence-corrected chi connectivity index (χ4v) is 3.29. The van der Waals surface area contributed by atoms with E-state index in [2.05, 4.69) is 22.0 Å². The van der Waals surface area contributed by atoms with Crippen LogP contribution in [-0.4, -0.2) is 21.0 Å². The third-order valence-electron chi connectivity index (χ3n) is 4.84. The van der Waals surface area contributed by atoms with E-state index in [4.69, 9.17) is 0 Å². The Bertz CT molecular complexity index is 956. The number of fused-ring (bicyclic) bond motifs is 1. The zero-order valence-corrected chi connectivity index (χ0v) is 14.3. The van der Waals surface area contributed by atoms with Crippen molar-refractivity contribution >= 4 is 10.9 Å². The van der Waals surface area contributed by atoms with E-state index in [-0.39, 0.29) is 11.3 Å². The van der Waals surface area contributed by atoms with E-state index >= 15 is 0 Å². The van der Waals surface area contributed by atoms with E-state index < -0.39 is 0 Å². The molecule has 1 aromatic heterocycles. The molecule has 0 radical (unpaired) electrons. The number of hydrogen-bond donors (Lipinski definition) is 2. The Morgan fingerprint density at radius 1 is 1.08 bits per heavy atom. The van der Waals surface area contributed by atoms with Gasteiger partial charge in [0.05, 0.1) is 0 Å². The van der Waals surface area contributed by atoms with Crippen molar-refractivity contribution in [1.29, 1.82) is 0 Å². The van der Waals surface area contributed by atoms with Crippen LogP contribution in [0.2, 0.25) is 0 Å². The van der Waals surface area contributed by atoms with Gasteiger partial charge >= 0.3 is 0 Å². The lowest BCUT2D eigenvalue weighted by Crippen LogP contribution is -2.28. The summed E-state index contributed by atoms with van der Waals surface area (Å²) in [7, 11) is 0. The van der Waals surface area contributed by atoms with E-state index in [9.17, 15) is 9.90 Å². The maximum Gasteiger partial charge on any atom is 0.252 e. The normalized spacial score (nSPS) is 14.3. The van der Waals surface area contributed by atoms with Gasteiger partial charge in [0, 0.05) is 30.2 Å². The maximum absolute atomic E-state index is 12.5. The first-order valence-electron chi connectivity index (χ1n) is 8.73. The molecule has 0 amide bonds. The number of aryl methyl sites for hydroxylation is 1. The smallest absolute Gasteiger partial charge is 0.252 e. The van der Waals surface area contributed by atoms with Crippen LogP contribution in [0.3, 0.4) is 0 Å². The monoisotopic (exact) mass is 334 g/mol. The molecule has 1 aliphatic carbocycles. The van der Waals surface area contributed by atoms with Gasteiger partial charge in [-0.15, -0.1) is 0 Å². The number of H-pyrrole nitrogens is 1. The first kappa shape index (κ1) is 15.9. The third-order valence-corrected chi connectivity index (χ3v) is 4.84. The van der Waals surface area contributed by atoms with Crippen molar-refractivity contribution in [3.05, 3.63) is 75.6 Å². The number of pyridine rings is 1. The fraction of sp³-hybridized carbons (Fsp3) is 0.286. The van der Waals surface area contributed by atoms with Crippen LogP contribution in [0.4, 0.5) is 0 Å². The van der Waals surface area contributed by atoms with Crippen LogP contribution in [0.25, 0.3) is 10.9 Å². The zero-order chi connectivity index (χ0) is 17.4. The van der Waals surface area contributed by atoms with E-state index in [1.54, 1.807) is 12.1 Å². The van der Waals surface area contributed by atoms with Crippen molar-refractivity contribution in [2.45, 2.75) is 38.9 Å². The summed E-state index contributed by atoms with van der Waals surface area (Å²) in [4.78, 5) is 17.9. The van der Waals surface area contributed by atoms with Gasteiger partial charge < -0.3 is 10.1 Å². The lowest BCUT2D eigenvalue weighted by atomic mass is 10.1. The Kier molecular flexibility index (Phi) is 4.06. The minimum atomic E-state index is -0.00513. The largest absolute Gasteiger partial charge is 0.508 e. The van der Waals surface area contributed by atoms with Crippen LogP contribution in [0, 0.1) is 6.92 Å². The average Bonchev–Trinajstić information content (AvgIpc) is 3.42. The summed E-state index contributed by atoms with van der Waals surface area (Å²) in [5.74, 6) is 0.281. The molecule has 2 aromatic carbocycles. The Hall–Kier alpha value is -2.59. The zero-order valence-electron chi connectivity index (χ0n) is 14.3. The minimum absolute atomic E-state index is 0.00513. The predicted molar refractivity (Wildman–Crippen MR) is 99.7 cm³/mol. The number of benzene rings is 2. The molecule has 1 aliphatic rings. The highest BCUT2D eigenvalue weighted by Gasteiger charge is 2.29. The Labute approximate surface area is 146 Å².